The van der Waals surface area contributed by atoms with Gasteiger partial charge in [-0.2, -0.15) is 0 Å². The fourth-order valence-corrected chi connectivity index (χ4v) is 3.75. The SMILES string of the molecule is O=C(CSc1nc2ccccc2[nH]1)OC(=O)CSc1nc2ccccc2[nH]1. The van der Waals surface area contributed by atoms with Crippen LogP contribution in [0.4, 0.5) is 0 Å². The zero-order valence-electron chi connectivity index (χ0n) is 14.0. The third-order valence-corrected chi connectivity index (χ3v) is 5.31. The Kier molecular flexibility index (Phi) is 5.12. The lowest BCUT2D eigenvalue weighted by Gasteiger charge is -2.01. The van der Waals surface area contributed by atoms with E-state index in [1.54, 1.807) is 0 Å². The maximum absolute atomic E-state index is 11.9. The van der Waals surface area contributed by atoms with E-state index in [1.165, 1.54) is 23.5 Å². The van der Waals surface area contributed by atoms with Gasteiger partial charge in [0.15, 0.2) is 10.3 Å². The van der Waals surface area contributed by atoms with Gasteiger partial charge in [0.1, 0.15) is 0 Å². The Labute approximate surface area is 162 Å². The normalized spacial score (nSPS) is 11.1. The fraction of sp³-hybridized carbons (Fsp3) is 0.111. The maximum Gasteiger partial charge on any atom is 0.324 e. The number of benzene rings is 2. The number of esters is 2. The first kappa shape index (κ1) is 17.6. The van der Waals surface area contributed by atoms with Crippen molar-refractivity contribution in [2.45, 2.75) is 10.3 Å². The Balaban J connectivity index is 1.25. The highest BCUT2D eigenvalue weighted by Crippen LogP contribution is 2.21. The molecule has 0 bridgehead atoms. The number of nitrogens with one attached hydrogen (secondary N) is 2. The van der Waals surface area contributed by atoms with Crippen molar-refractivity contribution in [3.63, 3.8) is 0 Å². The van der Waals surface area contributed by atoms with Crippen LogP contribution in [0.5, 0.6) is 0 Å². The lowest BCUT2D eigenvalue weighted by atomic mass is 10.3. The van der Waals surface area contributed by atoms with Crippen LogP contribution in [0.3, 0.4) is 0 Å². The van der Waals surface area contributed by atoms with Gasteiger partial charge in [-0.15, -0.1) is 0 Å². The van der Waals surface area contributed by atoms with Crippen LogP contribution < -0.4 is 0 Å². The number of fused-ring (bicyclic) bond motifs is 2. The number of nitrogens with zero attached hydrogens (tertiary/aromatic N) is 2. The number of carbonyl (C=O) groups excluding carboxylic acids is 2. The number of aromatic amines is 2. The molecule has 4 rings (SSSR count). The molecule has 2 aromatic heterocycles. The van der Waals surface area contributed by atoms with Gasteiger partial charge in [-0.1, -0.05) is 47.8 Å². The number of carbonyl (C=O) groups is 2. The van der Waals surface area contributed by atoms with Gasteiger partial charge >= 0.3 is 11.9 Å². The number of hydrogen-bond donors (Lipinski definition) is 2. The quantitative estimate of drug-likeness (QED) is 0.292. The zero-order chi connectivity index (χ0) is 18.6. The van der Waals surface area contributed by atoms with E-state index in [1.807, 2.05) is 48.5 Å². The first-order chi connectivity index (χ1) is 13.2. The van der Waals surface area contributed by atoms with Crippen molar-refractivity contribution < 1.29 is 14.3 Å². The van der Waals surface area contributed by atoms with Crippen LogP contribution in [0.15, 0.2) is 58.8 Å². The van der Waals surface area contributed by atoms with Crippen molar-refractivity contribution in [2.24, 2.45) is 0 Å². The minimum absolute atomic E-state index is 0.000859. The van der Waals surface area contributed by atoms with Crippen LogP contribution in [-0.4, -0.2) is 43.4 Å². The van der Waals surface area contributed by atoms with E-state index in [4.69, 9.17) is 4.74 Å². The van der Waals surface area contributed by atoms with E-state index in [-0.39, 0.29) is 11.5 Å². The van der Waals surface area contributed by atoms with Crippen LogP contribution >= 0.6 is 23.5 Å². The molecule has 0 aliphatic carbocycles. The Morgan fingerprint density at radius 3 is 1.67 bits per heavy atom. The number of imidazole rings is 2. The van der Waals surface area contributed by atoms with E-state index in [0.29, 0.717) is 10.3 Å². The lowest BCUT2D eigenvalue weighted by molar-refractivity contribution is -0.155. The number of hydrogen-bond acceptors (Lipinski definition) is 7. The Bertz CT molecular complexity index is 968. The molecule has 136 valence electrons. The number of aromatic nitrogens is 4. The molecule has 0 aliphatic heterocycles. The Morgan fingerprint density at radius 1 is 0.778 bits per heavy atom. The van der Waals surface area contributed by atoms with Crippen molar-refractivity contribution in [2.75, 3.05) is 11.5 Å². The number of rotatable bonds is 6. The highest BCUT2D eigenvalue weighted by atomic mass is 32.2. The van der Waals surface area contributed by atoms with E-state index < -0.39 is 11.9 Å². The molecule has 2 heterocycles. The molecule has 0 radical (unpaired) electrons. The molecule has 2 aromatic carbocycles. The molecule has 0 unspecified atom stereocenters. The summed E-state index contributed by atoms with van der Waals surface area (Å²) in [7, 11) is 0. The van der Waals surface area contributed by atoms with Gasteiger partial charge in [0.25, 0.3) is 0 Å². The van der Waals surface area contributed by atoms with Crippen molar-refractivity contribution in [3.8, 4) is 0 Å². The Morgan fingerprint density at radius 2 is 1.22 bits per heavy atom. The monoisotopic (exact) mass is 398 g/mol. The predicted molar refractivity (Wildman–Crippen MR) is 105 cm³/mol. The summed E-state index contributed by atoms with van der Waals surface area (Å²) in [4.78, 5) is 38.6. The van der Waals surface area contributed by atoms with Crippen LogP contribution in [0, 0.1) is 0 Å². The third-order valence-electron chi connectivity index (χ3n) is 3.62. The standard InChI is InChI=1S/C18H14N4O3S2/c23-15(9-26-17-19-11-5-1-2-6-12(11)20-17)25-16(24)10-27-18-21-13-7-3-4-8-14(13)22-18/h1-8H,9-10H2,(H,19,20)(H,21,22). The average Bonchev–Trinajstić information content (AvgIpc) is 3.27. The summed E-state index contributed by atoms with van der Waals surface area (Å²) in [5.74, 6) is -1.20. The van der Waals surface area contributed by atoms with Crippen LogP contribution in [0.25, 0.3) is 22.1 Å². The zero-order valence-corrected chi connectivity index (χ0v) is 15.6. The van der Waals surface area contributed by atoms with Crippen LogP contribution in [0.2, 0.25) is 0 Å². The van der Waals surface area contributed by atoms with Crippen molar-refractivity contribution in [1.29, 1.82) is 0 Å². The molecule has 0 atom stereocenters. The van der Waals surface area contributed by atoms with Gasteiger partial charge in [-0.25, -0.2) is 9.97 Å². The van der Waals surface area contributed by atoms with E-state index in [9.17, 15) is 9.59 Å². The van der Waals surface area contributed by atoms with E-state index >= 15 is 0 Å². The first-order valence-corrected chi connectivity index (χ1v) is 10.0. The molecule has 2 N–H and O–H groups in total. The molecule has 0 spiro atoms. The van der Waals surface area contributed by atoms with Gasteiger partial charge < -0.3 is 14.7 Å². The summed E-state index contributed by atoms with van der Waals surface area (Å²) < 4.78 is 4.84. The molecule has 9 heteroatoms. The van der Waals surface area contributed by atoms with Crippen LogP contribution in [0.1, 0.15) is 0 Å². The van der Waals surface area contributed by atoms with Gasteiger partial charge in [-0.3, -0.25) is 9.59 Å². The summed E-state index contributed by atoms with van der Waals surface area (Å²) >= 11 is 2.39. The van der Waals surface area contributed by atoms with Gasteiger partial charge in [0, 0.05) is 0 Å². The molecule has 0 aliphatic rings. The maximum atomic E-state index is 11.9. The molecule has 27 heavy (non-hydrogen) atoms. The fourth-order valence-electron chi connectivity index (χ4n) is 2.44. The predicted octanol–water partition coefficient (Wildman–Crippen LogP) is 3.39. The van der Waals surface area contributed by atoms with Crippen molar-refractivity contribution >= 4 is 57.5 Å². The summed E-state index contributed by atoms with van der Waals surface area (Å²) in [6.07, 6.45) is 0. The number of ether oxygens (including phenoxy) is 1. The number of thioether (sulfide) groups is 2. The number of para-hydroxylation sites is 4. The minimum Gasteiger partial charge on any atom is -0.392 e. The summed E-state index contributed by atoms with van der Waals surface area (Å²) in [5, 5.41) is 1.22. The summed E-state index contributed by atoms with van der Waals surface area (Å²) in [6, 6.07) is 15.2. The van der Waals surface area contributed by atoms with Crippen molar-refractivity contribution in [1.82, 2.24) is 19.9 Å². The lowest BCUT2D eigenvalue weighted by Crippen LogP contribution is -2.16. The second-order valence-electron chi connectivity index (χ2n) is 5.54. The highest BCUT2D eigenvalue weighted by molar-refractivity contribution is 8.00. The van der Waals surface area contributed by atoms with Crippen molar-refractivity contribution in [3.05, 3.63) is 48.5 Å². The molecule has 7 nitrogen and oxygen atoms in total. The highest BCUT2D eigenvalue weighted by Gasteiger charge is 2.14. The van der Waals surface area contributed by atoms with Crippen LogP contribution in [-0.2, 0) is 14.3 Å². The molecule has 0 saturated heterocycles. The topological polar surface area (TPSA) is 101 Å². The minimum atomic E-state index is -0.601. The molecular weight excluding hydrogens is 384 g/mol. The molecule has 4 aromatic rings. The second-order valence-corrected chi connectivity index (χ2v) is 7.47. The van der Waals surface area contributed by atoms with Gasteiger partial charge in [-0.05, 0) is 24.3 Å². The molecular formula is C18H14N4O3S2. The Hall–Kier alpha value is -2.78. The molecule has 0 fully saturated rings. The summed E-state index contributed by atoms with van der Waals surface area (Å²) in [5.41, 5.74) is 3.44. The van der Waals surface area contributed by atoms with Gasteiger partial charge in [0.2, 0.25) is 0 Å². The average molecular weight is 398 g/mol. The number of H-pyrrole nitrogens is 2. The summed E-state index contributed by atoms with van der Waals surface area (Å²) in [6.45, 7) is 0. The van der Waals surface area contributed by atoms with E-state index in [0.717, 1.165) is 22.1 Å². The largest absolute Gasteiger partial charge is 0.392 e. The van der Waals surface area contributed by atoms with E-state index in [2.05, 4.69) is 19.9 Å². The molecule has 0 saturated carbocycles. The third kappa shape index (κ3) is 4.32. The molecule has 0 amide bonds. The smallest absolute Gasteiger partial charge is 0.324 e. The second kappa shape index (κ2) is 7.85. The van der Waals surface area contributed by atoms with Gasteiger partial charge in [0.05, 0.1) is 33.6 Å². The first-order valence-electron chi connectivity index (χ1n) is 8.06.